The van der Waals surface area contributed by atoms with Gasteiger partial charge in [-0.25, -0.2) is 9.13 Å². The summed E-state index contributed by atoms with van der Waals surface area (Å²) in [6.45, 7) is 7.25. The van der Waals surface area contributed by atoms with Gasteiger partial charge in [-0.2, -0.15) is 0 Å². The molecule has 3 N–H and O–H groups in total. The zero-order valence-corrected chi connectivity index (χ0v) is 63.6. The summed E-state index contributed by atoms with van der Waals surface area (Å²) < 4.78 is 68.5. The molecule has 0 saturated heterocycles. The summed E-state index contributed by atoms with van der Waals surface area (Å²) in [5, 5.41) is 10.6. The standard InChI is InChI=1S/C76H148O17P2/c1-6-9-12-15-18-21-24-27-29-30-32-35-38-41-46-52-57-62-76(81)92-71(65-86-73(78)59-54-49-44-39-36-34-31-28-25-22-19-16-13-10-7-2)67-90-94(82,83)88-63-70(77)64-89-95(84,85)91-68-72(66-87-74(79)60-55-50-47-42-43-48-53-58-69(4)5)93-75(80)61-56-51-45-40-37-33-26-23-20-17-14-11-8-3/h69-72,77H,6-68H2,1-5H3,(H,82,83)(H,84,85)/t70-,71-,72-/m1/s1. The van der Waals surface area contributed by atoms with Crippen molar-refractivity contribution in [3.8, 4) is 0 Å². The molecular formula is C76H148O17P2. The Morgan fingerprint density at radius 1 is 0.284 bits per heavy atom. The van der Waals surface area contributed by atoms with Crippen LogP contribution in [0.5, 0.6) is 0 Å². The molecule has 0 aliphatic carbocycles. The fourth-order valence-electron chi connectivity index (χ4n) is 11.7. The van der Waals surface area contributed by atoms with Crippen LogP contribution in [0.3, 0.4) is 0 Å². The lowest BCUT2D eigenvalue weighted by atomic mass is 10.0. The summed E-state index contributed by atoms with van der Waals surface area (Å²) in [5.74, 6) is -1.41. The van der Waals surface area contributed by atoms with Gasteiger partial charge in [0.1, 0.15) is 19.3 Å². The van der Waals surface area contributed by atoms with Crippen molar-refractivity contribution in [2.75, 3.05) is 39.6 Å². The molecule has 0 aromatic carbocycles. The number of aliphatic hydroxyl groups is 1. The Labute approximate surface area is 581 Å². The smallest absolute Gasteiger partial charge is 0.462 e. The van der Waals surface area contributed by atoms with E-state index in [-0.39, 0.29) is 25.7 Å². The van der Waals surface area contributed by atoms with Gasteiger partial charge in [0.05, 0.1) is 26.4 Å². The third kappa shape index (κ3) is 70.3. The van der Waals surface area contributed by atoms with Gasteiger partial charge in [-0.3, -0.25) is 37.3 Å². The highest BCUT2D eigenvalue weighted by Crippen LogP contribution is 2.45. The summed E-state index contributed by atoms with van der Waals surface area (Å²) >= 11 is 0. The van der Waals surface area contributed by atoms with Crippen LogP contribution >= 0.6 is 15.6 Å². The van der Waals surface area contributed by atoms with Crippen molar-refractivity contribution in [1.82, 2.24) is 0 Å². The monoisotopic (exact) mass is 1400 g/mol. The first-order chi connectivity index (χ1) is 46.0. The van der Waals surface area contributed by atoms with Crippen LogP contribution in [0, 0.1) is 5.92 Å². The van der Waals surface area contributed by atoms with E-state index in [1.165, 1.54) is 218 Å². The second kappa shape index (κ2) is 69.2. The first-order valence-corrected chi connectivity index (χ1v) is 42.6. The number of hydrogen-bond acceptors (Lipinski definition) is 15. The first kappa shape index (κ1) is 93.1. The Morgan fingerprint density at radius 3 is 0.716 bits per heavy atom. The minimum absolute atomic E-state index is 0.107. The Bertz CT molecular complexity index is 1820. The molecule has 564 valence electrons. The largest absolute Gasteiger partial charge is 0.472 e. The van der Waals surface area contributed by atoms with E-state index in [4.69, 9.17) is 37.0 Å². The molecule has 0 aromatic heterocycles. The van der Waals surface area contributed by atoms with E-state index in [1.807, 2.05) is 0 Å². The van der Waals surface area contributed by atoms with Crippen molar-refractivity contribution in [2.24, 2.45) is 5.92 Å². The second-order valence-electron chi connectivity index (χ2n) is 27.9. The number of phosphoric acid groups is 2. The molecule has 95 heavy (non-hydrogen) atoms. The van der Waals surface area contributed by atoms with E-state index in [0.29, 0.717) is 31.6 Å². The number of hydrogen-bond donors (Lipinski definition) is 3. The van der Waals surface area contributed by atoms with Gasteiger partial charge in [0, 0.05) is 25.7 Å². The fourth-order valence-corrected chi connectivity index (χ4v) is 13.3. The van der Waals surface area contributed by atoms with Crippen LogP contribution in [0.15, 0.2) is 0 Å². The zero-order valence-electron chi connectivity index (χ0n) is 61.8. The number of phosphoric ester groups is 2. The first-order valence-electron chi connectivity index (χ1n) is 39.6. The van der Waals surface area contributed by atoms with Gasteiger partial charge < -0.3 is 33.8 Å². The van der Waals surface area contributed by atoms with Crippen LogP contribution in [0.1, 0.15) is 401 Å². The van der Waals surface area contributed by atoms with Gasteiger partial charge in [0.15, 0.2) is 12.2 Å². The Morgan fingerprint density at radius 2 is 0.484 bits per heavy atom. The number of unbranched alkanes of at least 4 members (excludes halogenated alkanes) is 48. The average molecular weight is 1400 g/mol. The van der Waals surface area contributed by atoms with E-state index in [9.17, 15) is 43.2 Å². The third-order valence-electron chi connectivity index (χ3n) is 17.8. The van der Waals surface area contributed by atoms with Gasteiger partial charge in [-0.15, -0.1) is 0 Å². The molecule has 0 rings (SSSR count). The molecule has 17 nitrogen and oxygen atoms in total. The molecular weight excluding hydrogens is 1250 g/mol. The molecule has 0 fully saturated rings. The molecule has 0 radical (unpaired) electrons. The van der Waals surface area contributed by atoms with Crippen molar-refractivity contribution in [3.05, 3.63) is 0 Å². The quantitative estimate of drug-likeness (QED) is 0.0222. The summed E-state index contributed by atoms with van der Waals surface area (Å²) in [6, 6.07) is 0. The van der Waals surface area contributed by atoms with Crippen molar-refractivity contribution in [2.45, 2.75) is 419 Å². The van der Waals surface area contributed by atoms with Crippen LogP contribution < -0.4 is 0 Å². The molecule has 0 aromatic rings. The van der Waals surface area contributed by atoms with E-state index in [0.717, 1.165) is 96.3 Å². The second-order valence-corrected chi connectivity index (χ2v) is 30.8. The maximum absolute atomic E-state index is 13.1. The SMILES string of the molecule is CCCCCCCCCCCCCCCCCCCC(=O)O[C@H](COC(=O)CCCCCCCCCCCCCCCCC)COP(=O)(O)OC[C@@H](O)COP(=O)(O)OC[C@@H](COC(=O)CCCCCCCCCC(C)C)OC(=O)CCCCCCCCCCCCCCC. The van der Waals surface area contributed by atoms with Crippen LogP contribution in [0.4, 0.5) is 0 Å². The maximum atomic E-state index is 13.1. The molecule has 5 atom stereocenters. The summed E-state index contributed by atoms with van der Waals surface area (Å²) in [7, 11) is -9.91. The minimum Gasteiger partial charge on any atom is -0.462 e. The van der Waals surface area contributed by atoms with Gasteiger partial charge in [-0.1, -0.05) is 349 Å². The number of esters is 4. The van der Waals surface area contributed by atoms with Gasteiger partial charge in [0.25, 0.3) is 0 Å². The molecule has 0 spiro atoms. The Balaban J connectivity index is 5.24. The number of aliphatic hydroxyl groups excluding tert-OH is 1. The zero-order chi connectivity index (χ0) is 69.8. The molecule has 0 saturated carbocycles. The highest BCUT2D eigenvalue weighted by molar-refractivity contribution is 7.47. The Kier molecular flexibility index (Phi) is 67.7. The van der Waals surface area contributed by atoms with Crippen molar-refractivity contribution in [1.29, 1.82) is 0 Å². The lowest BCUT2D eigenvalue weighted by Gasteiger charge is -2.21. The number of carbonyl (C=O) groups excluding carboxylic acids is 4. The highest BCUT2D eigenvalue weighted by atomic mass is 31.2. The van der Waals surface area contributed by atoms with Crippen LogP contribution in [-0.4, -0.2) is 96.7 Å². The van der Waals surface area contributed by atoms with Crippen molar-refractivity contribution >= 4 is 39.5 Å². The predicted octanol–water partition coefficient (Wildman–Crippen LogP) is 22.5. The fraction of sp³-hybridized carbons (Fsp3) is 0.947. The predicted molar refractivity (Wildman–Crippen MR) is 386 cm³/mol. The lowest BCUT2D eigenvalue weighted by Crippen LogP contribution is -2.30. The summed E-state index contributed by atoms with van der Waals surface area (Å²) in [5.41, 5.74) is 0. The van der Waals surface area contributed by atoms with Crippen molar-refractivity contribution in [3.63, 3.8) is 0 Å². The van der Waals surface area contributed by atoms with Gasteiger partial charge in [-0.05, 0) is 31.6 Å². The molecule has 0 bridgehead atoms. The van der Waals surface area contributed by atoms with Crippen molar-refractivity contribution < 1.29 is 80.2 Å². The summed E-state index contributed by atoms with van der Waals surface area (Å²) in [4.78, 5) is 72.8. The van der Waals surface area contributed by atoms with E-state index >= 15 is 0 Å². The van der Waals surface area contributed by atoms with Crippen LogP contribution in [0.2, 0.25) is 0 Å². The number of rotatable bonds is 76. The van der Waals surface area contributed by atoms with Gasteiger partial charge in [0.2, 0.25) is 0 Å². The van der Waals surface area contributed by atoms with Crippen LogP contribution in [0.25, 0.3) is 0 Å². The van der Waals surface area contributed by atoms with Crippen LogP contribution in [-0.2, 0) is 65.4 Å². The normalized spacial score (nSPS) is 13.9. The minimum atomic E-state index is -4.96. The number of ether oxygens (including phenoxy) is 4. The van der Waals surface area contributed by atoms with E-state index < -0.39 is 97.5 Å². The average Bonchev–Trinajstić information content (AvgIpc) is 2.16. The van der Waals surface area contributed by atoms with E-state index in [1.54, 1.807) is 0 Å². The lowest BCUT2D eigenvalue weighted by molar-refractivity contribution is -0.161. The maximum Gasteiger partial charge on any atom is 0.472 e. The third-order valence-corrected chi connectivity index (χ3v) is 19.7. The molecule has 19 heteroatoms. The van der Waals surface area contributed by atoms with Gasteiger partial charge >= 0.3 is 39.5 Å². The highest BCUT2D eigenvalue weighted by Gasteiger charge is 2.30. The molecule has 0 amide bonds. The Hall–Kier alpha value is -1.94. The molecule has 2 unspecified atom stereocenters. The summed E-state index contributed by atoms with van der Waals surface area (Å²) in [6.07, 6.45) is 58.2. The molecule has 0 heterocycles. The van der Waals surface area contributed by atoms with E-state index in [2.05, 4.69) is 34.6 Å². The topological polar surface area (TPSA) is 237 Å². The number of carbonyl (C=O) groups is 4. The molecule has 0 aliphatic rings. The molecule has 0 aliphatic heterocycles.